The van der Waals surface area contributed by atoms with Gasteiger partial charge in [0.2, 0.25) is 0 Å². The highest BCUT2D eigenvalue weighted by molar-refractivity contribution is 9.10. The van der Waals surface area contributed by atoms with Gasteiger partial charge < -0.3 is 10.1 Å². The molecule has 2 aromatic rings. The Balaban J connectivity index is 1.89. The number of anilines is 1. The zero-order valence-electron chi connectivity index (χ0n) is 11.0. The number of ether oxygens (including phenoxy) is 1. The van der Waals surface area contributed by atoms with E-state index in [1.807, 2.05) is 18.2 Å². The minimum atomic E-state index is 0.0768. The first-order chi connectivity index (χ1) is 9.13. The van der Waals surface area contributed by atoms with Crippen LogP contribution in [0, 0.1) is 13.8 Å². The minimum absolute atomic E-state index is 0.0768. The summed E-state index contributed by atoms with van der Waals surface area (Å²) in [5.41, 5.74) is 4.90. The first-order valence-corrected chi connectivity index (χ1v) is 7.20. The third-order valence-corrected chi connectivity index (χ3v) is 4.08. The van der Waals surface area contributed by atoms with Gasteiger partial charge in [0.15, 0.2) is 0 Å². The second-order valence-electron chi connectivity index (χ2n) is 4.97. The van der Waals surface area contributed by atoms with Crippen LogP contribution in [0.25, 0.3) is 0 Å². The average molecular weight is 318 g/mol. The Morgan fingerprint density at radius 1 is 1.11 bits per heavy atom. The predicted molar refractivity (Wildman–Crippen MR) is 81.9 cm³/mol. The van der Waals surface area contributed by atoms with Crippen LogP contribution in [-0.2, 0) is 0 Å². The molecule has 0 spiro atoms. The molecule has 0 aromatic heterocycles. The fourth-order valence-electron chi connectivity index (χ4n) is 2.29. The Hall–Kier alpha value is -1.48. The highest BCUT2D eigenvalue weighted by Gasteiger charge is 2.21. The Labute approximate surface area is 121 Å². The van der Waals surface area contributed by atoms with Crippen molar-refractivity contribution in [1.82, 2.24) is 0 Å². The number of halogens is 1. The van der Waals surface area contributed by atoms with E-state index in [2.05, 4.69) is 53.3 Å². The topological polar surface area (TPSA) is 21.3 Å². The summed E-state index contributed by atoms with van der Waals surface area (Å²) in [7, 11) is 0. The van der Waals surface area contributed by atoms with E-state index >= 15 is 0 Å². The molecule has 1 aliphatic heterocycles. The van der Waals surface area contributed by atoms with E-state index in [1.54, 1.807) is 0 Å². The van der Waals surface area contributed by atoms with Crippen LogP contribution in [0.2, 0.25) is 0 Å². The van der Waals surface area contributed by atoms with Gasteiger partial charge in [0.25, 0.3) is 0 Å². The molecule has 0 fully saturated rings. The molecule has 0 bridgehead atoms. The van der Waals surface area contributed by atoms with Gasteiger partial charge in [0.1, 0.15) is 11.9 Å². The quantitative estimate of drug-likeness (QED) is 0.829. The van der Waals surface area contributed by atoms with Gasteiger partial charge >= 0.3 is 0 Å². The molecule has 0 saturated heterocycles. The lowest BCUT2D eigenvalue weighted by molar-refractivity contribution is 0.210. The van der Waals surface area contributed by atoms with Gasteiger partial charge in [-0.25, -0.2) is 0 Å². The smallest absolute Gasteiger partial charge is 0.143 e. The second kappa shape index (κ2) is 4.89. The Morgan fingerprint density at radius 3 is 2.74 bits per heavy atom. The molecule has 2 aromatic carbocycles. The number of fused-ring (bicyclic) bond motifs is 1. The predicted octanol–water partition coefficient (Wildman–Crippen LogP) is 4.61. The first-order valence-electron chi connectivity index (χ1n) is 6.41. The summed E-state index contributed by atoms with van der Waals surface area (Å²) in [5, 5.41) is 3.43. The van der Waals surface area contributed by atoms with E-state index in [1.165, 1.54) is 16.7 Å². The van der Waals surface area contributed by atoms with Crippen molar-refractivity contribution in [2.24, 2.45) is 0 Å². The van der Waals surface area contributed by atoms with Crippen LogP contribution in [0.15, 0.2) is 40.9 Å². The molecule has 1 unspecified atom stereocenters. The maximum Gasteiger partial charge on any atom is 0.143 e. The summed E-state index contributed by atoms with van der Waals surface area (Å²) in [5.74, 6) is 0.915. The van der Waals surface area contributed by atoms with Crippen LogP contribution in [0.3, 0.4) is 0 Å². The van der Waals surface area contributed by atoms with Crippen molar-refractivity contribution in [2.45, 2.75) is 20.0 Å². The highest BCUT2D eigenvalue weighted by Crippen LogP contribution is 2.36. The Bertz CT molecular complexity index is 624. The molecule has 2 nitrogen and oxygen atoms in total. The van der Waals surface area contributed by atoms with Gasteiger partial charge in [-0.05, 0) is 48.7 Å². The summed E-state index contributed by atoms with van der Waals surface area (Å²) in [6.07, 6.45) is 0.0768. The molecule has 0 aliphatic carbocycles. The van der Waals surface area contributed by atoms with Crippen molar-refractivity contribution in [2.75, 3.05) is 11.9 Å². The summed E-state index contributed by atoms with van der Waals surface area (Å²) in [6.45, 7) is 5.07. The van der Waals surface area contributed by atoms with E-state index in [0.717, 1.165) is 22.5 Å². The highest BCUT2D eigenvalue weighted by atomic mass is 79.9. The molecular weight excluding hydrogens is 302 g/mol. The lowest BCUT2D eigenvalue weighted by Gasteiger charge is -2.28. The van der Waals surface area contributed by atoms with Crippen molar-refractivity contribution in [3.8, 4) is 5.75 Å². The zero-order chi connectivity index (χ0) is 13.4. The van der Waals surface area contributed by atoms with Gasteiger partial charge in [-0.1, -0.05) is 34.1 Å². The largest absolute Gasteiger partial charge is 0.482 e. The van der Waals surface area contributed by atoms with E-state index < -0.39 is 0 Å². The van der Waals surface area contributed by atoms with Crippen molar-refractivity contribution in [3.05, 3.63) is 57.6 Å². The van der Waals surface area contributed by atoms with Gasteiger partial charge in [0.05, 0.1) is 12.2 Å². The number of rotatable bonds is 1. The lowest BCUT2D eigenvalue weighted by Crippen LogP contribution is -2.23. The van der Waals surface area contributed by atoms with Crippen molar-refractivity contribution in [3.63, 3.8) is 0 Å². The summed E-state index contributed by atoms with van der Waals surface area (Å²) < 4.78 is 7.15. The lowest BCUT2D eigenvalue weighted by atomic mass is 10.0. The van der Waals surface area contributed by atoms with Gasteiger partial charge in [0, 0.05) is 4.47 Å². The van der Waals surface area contributed by atoms with Crippen molar-refractivity contribution < 1.29 is 4.74 Å². The van der Waals surface area contributed by atoms with Gasteiger partial charge in [-0.2, -0.15) is 0 Å². The maximum absolute atomic E-state index is 6.08. The van der Waals surface area contributed by atoms with Crippen LogP contribution < -0.4 is 10.1 Å². The third kappa shape index (κ3) is 2.47. The normalized spacial score (nSPS) is 17.3. The van der Waals surface area contributed by atoms with Crippen molar-refractivity contribution >= 4 is 21.6 Å². The molecule has 1 aliphatic rings. The average Bonchev–Trinajstić information content (AvgIpc) is 2.41. The third-order valence-electron chi connectivity index (χ3n) is 3.59. The molecule has 1 heterocycles. The summed E-state index contributed by atoms with van der Waals surface area (Å²) >= 11 is 3.47. The van der Waals surface area contributed by atoms with Crippen LogP contribution in [-0.4, -0.2) is 6.54 Å². The molecule has 98 valence electrons. The molecule has 1 atom stereocenters. The minimum Gasteiger partial charge on any atom is -0.482 e. The number of hydrogen-bond donors (Lipinski definition) is 1. The van der Waals surface area contributed by atoms with Crippen molar-refractivity contribution in [1.29, 1.82) is 0 Å². The zero-order valence-corrected chi connectivity index (χ0v) is 12.6. The fourth-order valence-corrected chi connectivity index (χ4v) is 2.65. The molecule has 1 N–H and O–H groups in total. The van der Waals surface area contributed by atoms with Crippen LogP contribution in [0.5, 0.6) is 5.75 Å². The van der Waals surface area contributed by atoms with Gasteiger partial charge in [-0.3, -0.25) is 0 Å². The number of aryl methyl sites for hydroxylation is 2. The van der Waals surface area contributed by atoms with E-state index in [9.17, 15) is 0 Å². The molecule has 19 heavy (non-hydrogen) atoms. The molecule has 0 amide bonds. The first kappa shape index (κ1) is 12.5. The molecular formula is C16H16BrNO. The number of nitrogens with one attached hydrogen (secondary N) is 1. The van der Waals surface area contributed by atoms with Crippen LogP contribution >= 0.6 is 15.9 Å². The van der Waals surface area contributed by atoms with E-state index in [0.29, 0.717) is 0 Å². The fraction of sp³-hybridized carbons (Fsp3) is 0.250. The monoisotopic (exact) mass is 317 g/mol. The SMILES string of the molecule is Cc1ccc(C2CNc3cc(Br)ccc3O2)cc1C. The molecule has 0 saturated carbocycles. The van der Waals surface area contributed by atoms with Crippen LogP contribution in [0.4, 0.5) is 5.69 Å². The summed E-state index contributed by atoms with van der Waals surface area (Å²) in [4.78, 5) is 0. The maximum atomic E-state index is 6.08. The Morgan fingerprint density at radius 2 is 1.95 bits per heavy atom. The summed E-state index contributed by atoms with van der Waals surface area (Å²) in [6, 6.07) is 12.6. The van der Waals surface area contributed by atoms with Crippen LogP contribution in [0.1, 0.15) is 22.8 Å². The van der Waals surface area contributed by atoms with E-state index in [4.69, 9.17) is 4.74 Å². The number of hydrogen-bond acceptors (Lipinski definition) is 2. The van der Waals surface area contributed by atoms with E-state index in [-0.39, 0.29) is 6.10 Å². The molecule has 3 rings (SSSR count). The molecule has 0 radical (unpaired) electrons. The Kier molecular flexibility index (Phi) is 3.23. The molecule has 3 heteroatoms. The van der Waals surface area contributed by atoms with Gasteiger partial charge in [-0.15, -0.1) is 0 Å². The second-order valence-corrected chi connectivity index (χ2v) is 5.89. The number of benzene rings is 2. The standard InChI is InChI=1S/C16H16BrNO/c1-10-3-4-12(7-11(10)2)16-9-18-14-8-13(17)5-6-15(14)19-16/h3-8,16,18H,9H2,1-2H3.